The van der Waals surface area contributed by atoms with Crippen LogP contribution in [0.5, 0.6) is 0 Å². The van der Waals surface area contributed by atoms with Crippen LogP contribution in [0.25, 0.3) is 0 Å². The van der Waals surface area contributed by atoms with E-state index < -0.39 is 0 Å². The monoisotopic (exact) mass is 287 g/mol. The molecule has 0 unspecified atom stereocenters. The number of carbonyl (C=O) groups is 2. The van der Waals surface area contributed by atoms with Gasteiger partial charge in [-0.2, -0.15) is 0 Å². The van der Waals surface area contributed by atoms with Crippen LogP contribution in [-0.2, 0) is 9.59 Å². The first kappa shape index (κ1) is 14.0. The molecule has 2 saturated heterocycles. The standard InChI is InChI=1S/C16H21N3O2/c1-11(2)6-15(20)18-8-12-9-19(16(21)14(12)10-18)13-4-3-5-17-7-13/h3-5,7,11-12,14H,6,8-10H2,1-2H3/t12-,14-/m1/s1. The molecule has 2 aliphatic heterocycles. The van der Waals surface area contributed by atoms with E-state index in [1.165, 1.54) is 0 Å². The minimum absolute atomic E-state index is 0.0404. The zero-order valence-corrected chi connectivity index (χ0v) is 12.5. The summed E-state index contributed by atoms with van der Waals surface area (Å²) in [5.74, 6) is 0.892. The summed E-state index contributed by atoms with van der Waals surface area (Å²) in [6.45, 7) is 6.07. The predicted octanol–water partition coefficient (Wildman–Crippen LogP) is 1.55. The Morgan fingerprint density at radius 2 is 2.19 bits per heavy atom. The van der Waals surface area contributed by atoms with Crippen LogP contribution in [0.2, 0.25) is 0 Å². The number of anilines is 1. The van der Waals surface area contributed by atoms with Gasteiger partial charge in [-0.3, -0.25) is 14.6 Å². The Kier molecular flexibility index (Phi) is 3.66. The van der Waals surface area contributed by atoms with E-state index in [0.29, 0.717) is 32.0 Å². The van der Waals surface area contributed by atoms with Crippen molar-refractivity contribution in [2.24, 2.45) is 17.8 Å². The molecule has 3 heterocycles. The fourth-order valence-electron chi connectivity index (χ4n) is 3.29. The van der Waals surface area contributed by atoms with Gasteiger partial charge < -0.3 is 9.80 Å². The number of pyridine rings is 1. The van der Waals surface area contributed by atoms with E-state index in [1.54, 1.807) is 12.4 Å². The second kappa shape index (κ2) is 5.47. The van der Waals surface area contributed by atoms with E-state index >= 15 is 0 Å². The normalized spacial score (nSPS) is 24.8. The average molecular weight is 287 g/mol. The van der Waals surface area contributed by atoms with Gasteiger partial charge in [0, 0.05) is 38.2 Å². The first-order valence-electron chi connectivity index (χ1n) is 7.55. The number of nitrogens with zero attached hydrogens (tertiary/aromatic N) is 3. The Balaban J connectivity index is 1.67. The van der Waals surface area contributed by atoms with Gasteiger partial charge in [0.1, 0.15) is 0 Å². The molecule has 2 fully saturated rings. The van der Waals surface area contributed by atoms with Gasteiger partial charge in [-0.15, -0.1) is 0 Å². The smallest absolute Gasteiger partial charge is 0.232 e. The number of carbonyl (C=O) groups excluding carboxylic acids is 2. The average Bonchev–Trinajstić information content (AvgIpc) is 2.99. The van der Waals surface area contributed by atoms with Gasteiger partial charge in [0.2, 0.25) is 11.8 Å². The van der Waals surface area contributed by atoms with E-state index in [0.717, 1.165) is 5.69 Å². The zero-order chi connectivity index (χ0) is 15.0. The van der Waals surface area contributed by atoms with Crippen LogP contribution in [-0.4, -0.2) is 41.3 Å². The Morgan fingerprint density at radius 1 is 1.38 bits per heavy atom. The SMILES string of the molecule is CC(C)CC(=O)N1C[C@@H]2CN(c3cccnc3)C(=O)[C@@H]2C1. The molecule has 21 heavy (non-hydrogen) atoms. The van der Waals surface area contributed by atoms with Gasteiger partial charge in [0.25, 0.3) is 0 Å². The molecule has 2 atom stereocenters. The Labute approximate surface area is 124 Å². The van der Waals surface area contributed by atoms with E-state index in [9.17, 15) is 9.59 Å². The summed E-state index contributed by atoms with van der Waals surface area (Å²) in [6.07, 6.45) is 4.00. The summed E-state index contributed by atoms with van der Waals surface area (Å²) in [6, 6.07) is 3.75. The van der Waals surface area contributed by atoms with Gasteiger partial charge in [-0.1, -0.05) is 13.8 Å². The number of aromatic nitrogens is 1. The van der Waals surface area contributed by atoms with Crippen molar-refractivity contribution in [3.63, 3.8) is 0 Å². The minimum atomic E-state index is -0.0404. The molecule has 0 N–H and O–H groups in total. The number of hydrogen-bond acceptors (Lipinski definition) is 3. The maximum absolute atomic E-state index is 12.5. The van der Waals surface area contributed by atoms with Crippen LogP contribution >= 0.6 is 0 Å². The van der Waals surface area contributed by atoms with Gasteiger partial charge in [0.05, 0.1) is 17.8 Å². The lowest BCUT2D eigenvalue weighted by atomic mass is 10.0. The zero-order valence-electron chi connectivity index (χ0n) is 12.5. The molecular weight excluding hydrogens is 266 g/mol. The number of rotatable bonds is 3. The molecule has 0 aromatic carbocycles. The third kappa shape index (κ3) is 2.64. The number of amides is 2. The van der Waals surface area contributed by atoms with E-state index in [4.69, 9.17) is 0 Å². The van der Waals surface area contributed by atoms with Crippen LogP contribution in [0, 0.1) is 17.8 Å². The maximum atomic E-state index is 12.5. The first-order valence-corrected chi connectivity index (χ1v) is 7.55. The largest absolute Gasteiger partial charge is 0.342 e. The second-order valence-electron chi connectivity index (χ2n) is 6.42. The van der Waals surface area contributed by atoms with E-state index in [-0.39, 0.29) is 23.7 Å². The van der Waals surface area contributed by atoms with Crippen molar-refractivity contribution < 1.29 is 9.59 Å². The van der Waals surface area contributed by atoms with E-state index in [1.807, 2.05) is 35.8 Å². The van der Waals surface area contributed by atoms with Gasteiger partial charge in [-0.25, -0.2) is 0 Å². The molecule has 3 rings (SSSR count). The van der Waals surface area contributed by atoms with E-state index in [2.05, 4.69) is 4.98 Å². The predicted molar refractivity (Wildman–Crippen MR) is 79.6 cm³/mol. The maximum Gasteiger partial charge on any atom is 0.232 e. The summed E-state index contributed by atoms with van der Waals surface area (Å²) in [7, 11) is 0. The molecular formula is C16H21N3O2. The van der Waals surface area contributed by atoms with Crippen LogP contribution < -0.4 is 4.90 Å². The molecule has 2 aliphatic rings. The molecule has 1 aromatic rings. The molecule has 0 aliphatic carbocycles. The molecule has 5 heteroatoms. The summed E-state index contributed by atoms with van der Waals surface area (Å²) in [5, 5.41) is 0. The van der Waals surface area contributed by atoms with Crippen molar-refractivity contribution in [2.45, 2.75) is 20.3 Å². The van der Waals surface area contributed by atoms with Crippen LogP contribution in [0.4, 0.5) is 5.69 Å². The molecule has 0 spiro atoms. The topological polar surface area (TPSA) is 53.5 Å². The van der Waals surface area contributed by atoms with Gasteiger partial charge in [-0.05, 0) is 18.1 Å². The molecule has 5 nitrogen and oxygen atoms in total. The van der Waals surface area contributed by atoms with Crippen LogP contribution in [0.3, 0.4) is 0 Å². The fraction of sp³-hybridized carbons (Fsp3) is 0.562. The number of hydrogen-bond donors (Lipinski definition) is 0. The van der Waals surface area contributed by atoms with Crippen molar-refractivity contribution >= 4 is 17.5 Å². The van der Waals surface area contributed by atoms with Crippen molar-refractivity contribution in [1.82, 2.24) is 9.88 Å². The second-order valence-corrected chi connectivity index (χ2v) is 6.42. The summed E-state index contributed by atoms with van der Waals surface area (Å²) < 4.78 is 0. The lowest BCUT2D eigenvalue weighted by molar-refractivity contribution is -0.131. The molecule has 0 radical (unpaired) electrons. The third-order valence-electron chi connectivity index (χ3n) is 4.33. The highest BCUT2D eigenvalue weighted by atomic mass is 16.2. The lowest BCUT2D eigenvalue weighted by Gasteiger charge is -2.22. The Morgan fingerprint density at radius 3 is 2.81 bits per heavy atom. The highest BCUT2D eigenvalue weighted by Gasteiger charge is 2.47. The minimum Gasteiger partial charge on any atom is -0.342 e. The molecule has 1 aromatic heterocycles. The van der Waals surface area contributed by atoms with Crippen molar-refractivity contribution in [1.29, 1.82) is 0 Å². The quantitative estimate of drug-likeness (QED) is 0.847. The first-order chi connectivity index (χ1) is 10.1. The summed E-state index contributed by atoms with van der Waals surface area (Å²) in [5.41, 5.74) is 0.858. The van der Waals surface area contributed by atoms with Crippen LogP contribution in [0.1, 0.15) is 20.3 Å². The fourth-order valence-corrected chi connectivity index (χ4v) is 3.29. The molecule has 2 amide bonds. The van der Waals surface area contributed by atoms with Crippen molar-refractivity contribution in [2.75, 3.05) is 24.5 Å². The van der Waals surface area contributed by atoms with Crippen LogP contribution in [0.15, 0.2) is 24.5 Å². The van der Waals surface area contributed by atoms with Gasteiger partial charge in [0.15, 0.2) is 0 Å². The Hall–Kier alpha value is -1.91. The molecule has 112 valence electrons. The third-order valence-corrected chi connectivity index (χ3v) is 4.33. The summed E-state index contributed by atoms with van der Waals surface area (Å²) >= 11 is 0. The molecule has 0 bridgehead atoms. The lowest BCUT2D eigenvalue weighted by Crippen LogP contribution is -2.36. The number of fused-ring (bicyclic) bond motifs is 1. The highest BCUT2D eigenvalue weighted by molar-refractivity contribution is 5.98. The molecule has 0 saturated carbocycles. The van der Waals surface area contributed by atoms with Crippen molar-refractivity contribution in [3.05, 3.63) is 24.5 Å². The van der Waals surface area contributed by atoms with Gasteiger partial charge >= 0.3 is 0 Å². The Bertz CT molecular complexity index is 544. The van der Waals surface area contributed by atoms with Crippen molar-refractivity contribution in [3.8, 4) is 0 Å². The summed E-state index contributed by atoms with van der Waals surface area (Å²) in [4.78, 5) is 32.4. The number of likely N-dealkylation sites (tertiary alicyclic amines) is 1. The highest BCUT2D eigenvalue weighted by Crippen LogP contribution is 2.35.